The van der Waals surface area contributed by atoms with Gasteiger partial charge in [-0.15, -0.1) is 5.10 Å². The SMILES string of the molecule is CCc1nnc(N2CCC(C)C2c2cccc(F)c2)nc1CC. The van der Waals surface area contributed by atoms with Gasteiger partial charge in [-0.05, 0) is 42.9 Å². The van der Waals surface area contributed by atoms with E-state index in [1.807, 2.05) is 6.07 Å². The fraction of sp³-hybridized carbons (Fsp3) is 0.500. The van der Waals surface area contributed by atoms with Gasteiger partial charge in [0, 0.05) is 6.54 Å². The molecule has 1 aliphatic rings. The molecule has 5 heteroatoms. The van der Waals surface area contributed by atoms with E-state index in [0.717, 1.165) is 42.8 Å². The van der Waals surface area contributed by atoms with E-state index in [9.17, 15) is 4.39 Å². The van der Waals surface area contributed by atoms with Gasteiger partial charge in [-0.3, -0.25) is 0 Å². The smallest absolute Gasteiger partial charge is 0.246 e. The van der Waals surface area contributed by atoms with Crippen LogP contribution in [0.3, 0.4) is 0 Å². The van der Waals surface area contributed by atoms with E-state index in [-0.39, 0.29) is 11.9 Å². The van der Waals surface area contributed by atoms with Crippen LogP contribution in [0.5, 0.6) is 0 Å². The van der Waals surface area contributed by atoms with Gasteiger partial charge in [-0.25, -0.2) is 9.37 Å². The number of hydrogen-bond donors (Lipinski definition) is 0. The van der Waals surface area contributed by atoms with E-state index in [1.54, 1.807) is 12.1 Å². The normalized spacial score (nSPS) is 21.0. The van der Waals surface area contributed by atoms with Crippen molar-refractivity contribution in [1.82, 2.24) is 15.2 Å². The van der Waals surface area contributed by atoms with Crippen LogP contribution in [0.15, 0.2) is 24.3 Å². The molecule has 2 unspecified atom stereocenters. The number of anilines is 1. The molecule has 1 aliphatic heterocycles. The number of benzene rings is 1. The Morgan fingerprint density at radius 2 is 1.96 bits per heavy atom. The van der Waals surface area contributed by atoms with Gasteiger partial charge in [0.05, 0.1) is 17.4 Å². The van der Waals surface area contributed by atoms with Crippen LogP contribution in [-0.4, -0.2) is 21.7 Å². The molecule has 0 radical (unpaired) electrons. The minimum absolute atomic E-state index is 0.102. The third-order valence-corrected chi connectivity index (χ3v) is 4.65. The van der Waals surface area contributed by atoms with Crippen LogP contribution in [0.2, 0.25) is 0 Å². The molecule has 2 aromatic rings. The first-order valence-corrected chi connectivity index (χ1v) is 8.38. The minimum atomic E-state index is -0.198. The van der Waals surface area contributed by atoms with Crippen LogP contribution >= 0.6 is 0 Å². The molecule has 2 atom stereocenters. The number of aromatic nitrogens is 3. The van der Waals surface area contributed by atoms with Crippen molar-refractivity contribution in [3.05, 3.63) is 47.0 Å². The molecule has 0 spiro atoms. The molecule has 2 heterocycles. The van der Waals surface area contributed by atoms with E-state index in [2.05, 4.69) is 35.9 Å². The van der Waals surface area contributed by atoms with Gasteiger partial charge in [0.1, 0.15) is 5.82 Å². The lowest BCUT2D eigenvalue weighted by atomic mass is 9.95. The maximum atomic E-state index is 13.6. The highest BCUT2D eigenvalue weighted by atomic mass is 19.1. The van der Waals surface area contributed by atoms with Gasteiger partial charge in [0.15, 0.2) is 0 Å². The van der Waals surface area contributed by atoms with Gasteiger partial charge in [-0.1, -0.05) is 32.9 Å². The average Bonchev–Trinajstić information content (AvgIpc) is 2.95. The van der Waals surface area contributed by atoms with Crippen molar-refractivity contribution in [2.24, 2.45) is 5.92 Å². The maximum Gasteiger partial charge on any atom is 0.246 e. The van der Waals surface area contributed by atoms with Crippen molar-refractivity contribution < 1.29 is 4.39 Å². The summed E-state index contributed by atoms with van der Waals surface area (Å²) in [7, 11) is 0. The molecule has 0 amide bonds. The molecule has 0 aliphatic carbocycles. The predicted octanol–water partition coefficient (Wildman–Crippen LogP) is 3.72. The van der Waals surface area contributed by atoms with Crippen molar-refractivity contribution >= 4 is 5.95 Å². The van der Waals surface area contributed by atoms with Crippen molar-refractivity contribution in [1.29, 1.82) is 0 Å². The lowest BCUT2D eigenvalue weighted by Gasteiger charge is -2.27. The average molecular weight is 314 g/mol. The summed E-state index contributed by atoms with van der Waals surface area (Å²) in [5.74, 6) is 0.894. The highest BCUT2D eigenvalue weighted by Gasteiger charge is 2.34. The van der Waals surface area contributed by atoms with Crippen LogP contribution in [-0.2, 0) is 12.8 Å². The van der Waals surface area contributed by atoms with Gasteiger partial charge in [-0.2, -0.15) is 5.10 Å². The zero-order valence-corrected chi connectivity index (χ0v) is 14.0. The molecule has 0 bridgehead atoms. The number of aryl methyl sites for hydroxylation is 2. The standard InChI is InChI=1S/C18H23FN4/c1-4-15-16(5-2)21-22-18(20-15)23-10-9-12(3)17(23)13-7-6-8-14(19)11-13/h6-8,11-12,17H,4-5,9-10H2,1-3H3. The van der Waals surface area contributed by atoms with Crippen LogP contribution in [0.1, 0.15) is 50.2 Å². The van der Waals surface area contributed by atoms with Crippen LogP contribution < -0.4 is 4.90 Å². The summed E-state index contributed by atoms with van der Waals surface area (Å²) in [6.45, 7) is 7.23. The predicted molar refractivity (Wildman–Crippen MR) is 88.9 cm³/mol. The van der Waals surface area contributed by atoms with Gasteiger partial charge >= 0.3 is 0 Å². The van der Waals surface area contributed by atoms with Crippen LogP contribution in [0, 0.1) is 11.7 Å². The summed E-state index contributed by atoms with van der Waals surface area (Å²) in [5.41, 5.74) is 2.96. The van der Waals surface area contributed by atoms with Crippen molar-refractivity contribution in [3.8, 4) is 0 Å². The summed E-state index contributed by atoms with van der Waals surface area (Å²) < 4.78 is 13.6. The second-order valence-corrected chi connectivity index (χ2v) is 6.17. The molecule has 3 rings (SSSR count). The molecule has 0 saturated carbocycles. The van der Waals surface area contributed by atoms with Crippen LogP contribution in [0.25, 0.3) is 0 Å². The van der Waals surface area contributed by atoms with Crippen molar-refractivity contribution in [2.45, 2.75) is 46.1 Å². The van der Waals surface area contributed by atoms with E-state index >= 15 is 0 Å². The van der Waals surface area contributed by atoms with Crippen molar-refractivity contribution in [3.63, 3.8) is 0 Å². The molecule has 1 saturated heterocycles. The summed E-state index contributed by atoms with van der Waals surface area (Å²) in [6.07, 6.45) is 2.73. The number of nitrogens with zero attached hydrogens (tertiary/aromatic N) is 4. The Morgan fingerprint density at radius 3 is 2.65 bits per heavy atom. The molecule has 1 aromatic heterocycles. The third kappa shape index (κ3) is 3.05. The fourth-order valence-electron chi connectivity index (χ4n) is 3.42. The second-order valence-electron chi connectivity index (χ2n) is 6.17. The first kappa shape index (κ1) is 15.8. The molecule has 122 valence electrons. The lowest BCUT2D eigenvalue weighted by Crippen LogP contribution is -2.27. The topological polar surface area (TPSA) is 41.9 Å². The molecule has 1 aromatic carbocycles. The zero-order valence-electron chi connectivity index (χ0n) is 14.0. The molecule has 1 fully saturated rings. The third-order valence-electron chi connectivity index (χ3n) is 4.65. The summed E-state index contributed by atoms with van der Waals surface area (Å²) in [4.78, 5) is 6.91. The molecule has 23 heavy (non-hydrogen) atoms. The number of halogens is 1. The second kappa shape index (κ2) is 6.60. The van der Waals surface area contributed by atoms with E-state index in [1.165, 1.54) is 6.07 Å². The largest absolute Gasteiger partial charge is 0.332 e. The zero-order chi connectivity index (χ0) is 16.4. The van der Waals surface area contributed by atoms with E-state index in [4.69, 9.17) is 4.98 Å². The first-order valence-electron chi connectivity index (χ1n) is 8.38. The first-order chi connectivity index (χ1) is 11.1. The van der Waals surface area contributed by atoms with E-state index in [0.29, 0.717) is 11.9 Å². The number of hydrogen-bond acceptors (Lipinski definition) is 4. The summed E-state index contributed by atoms with van der Waals surface area (Å²) >= 11 is 0. The van der Waals surface area contributed by atoms with Gasteiger partial charge < -0.3 is 4.90 Å². The minimum Gasteiger partial charge on any atom is -0.332 e. The van der Waals surface area contributed by atoms with Crippen molar-refractivity contribution in [2.75, 3.05) is 11.4 Å². The lowest BCUT2D eigenvalue weighted by molar-refractivity contribution is 0.522. The highest BCUT2D eigenvalue weighted by Crippen LogP contribution is 2.38. The van der Waals surface area contributed by atoms with Crippen LogP contribution in [0.4, 0.5) is 10.3 Å². The number of rotatable bonds is 4. The monoisotopic (exact) mass is 314 g/mol. The highest BCUT2D eigenvalue weighted by molar-refractivity contribution is 5.39. The Labute approximate surface area is 136 Å². The van der Waals surface area contributed by atoms with Gasteiger partial charge in [0.25, 0.3) is 0 Å². The molecular weight excluding hydrogens is 291 g/mol. The Hall–Kier alpha value is -2.04. The Balaban J connectivity index is 1.98. The Bertz CT molecular complexity index is 688. The summed E-state index contributed by atoms with van der Waals surface area (Å²) in [6, 6.07) is 6.96. The quantitative estimate of drug-likeness (QED) is 0.862. The maximum absolute atomic E-state index is 13.6. The molecular formula is C18H23FN4. The van der Waals surface area contributed by atoms with E-state index < -0.39 is 0 Å². The fourth-order valence-corrected chi connectivity index (χ4v) is 3.42. The Kier molecular flexibility index (Phi) is 4.55. The molecule has 0 N–H and O–H groups in total. The van der Waals surface area contributed by atoms with Gasteiger partial charge in [0.2, 0.25) is 5.95 Å². The molecule has 4 nitrogen and oxygen atoms in total. The summed E-state index contributed by atoms with van der Waals surface area (Å²) in [5, 5.41) is 8.70. The Morgan fingerprint density at radius 1 is 1.17 bits per heavy atom.